The van der Waals surface area contributed by atoms with Gasteiger partial charge in [0, 0.05) is 32.4 Å². The van der Waals surface area contributed by atoms with E-state index in [1.165, 1.54) is 0 Å². The Morgan fingerprint density at radius 3 is 1.59 bits per heavy atom. The second-order valence-corrected chi connectivity index (χ2v) is 18.5. The van der Waals surface area contributed by atoms with Crippen LogP contribution in [0.4, 0.5) is 0 Å². The number of nitrogens with two attached hydrogens (primary N) is 3. The number of carbonyl (C=O) groups is 15. The zero-order valence-electron chi connectivity index (χ0n) is 43.2. The molecule has 81 heavy (non-hydrogen) atoms. The number of aliphatic carboxylic acids is 6. The van der Waals surface area contributed by atoms with Crippen LogP contribution >= 0.6 is 0 Å². The summed E-state index contributed by atoms with van der Waals surface area (Å²) in [5, 5.41) is 86.2. The number of aliphatic imine (C=N–C) groups is 1. The molecule has 34 heteroatoms. The zero-order valence-corrected chi connectivity index (χ0v) is 43.2. The van der Waals surface area contributed by atoms with Gasteiger partial charge in [0.1, 0.15) is 24.4 Å². The van der Waals surface area contributed by atoms with Crippen LogP contribution in [0, 0.1) is 11.8 Å². The first kappa shape index (κ1) is 67.9. The molecule has 0 aliphatic carbocycles. The number of ketones is 2. The Morgan fingerprint density at radius 2 is 1.07 bits per heavy atom. The molecular weight excluding hydrogens is 1080 g/mol. The molecule has 1 aliphatic heterocycles. The Bertz CT molecular complexity index is 2530. The lowest BCUT2D eigenvalue weighted by atomic mass is 9.91. The molecular formula is C47H66N12O22. The number of carboxylic acid groups (broad SMARTS) is 6. The highest BCUT2D eigenvalue weighted by Crippen LogP contribution is 2.18. The van der Waals surface area contributed by atoms with Crippen LogP contribution in [0.3, 0.4) is 0 Å². The monoisotopic (exact) mass is 1150 g/mol. The number of benzene rings is 1. The Morgan fingerprint density at radius 1 is 0.580 bits per heavy atom. The molecule has 0 radical (unpaired) electrons. The highest BCUT2D eigenvalue weighted by atomic mass is 16.4. The van der Waals surface area contributed by atoms with Gasteiger partial charge in [-0.3, -0.25) is 82.2 Å². The summed E-state index contributed by atoms with van der Waals surface area (Å²) in [6.45, 7) is -1.40. The molecule has 1 fully saturated rings. The average molecular weight is 1150 g/mol. The van der Waals surface area contributed by atoms with Crippen LogP contribution in [-0.4, -0.2) is 199 Å². The fourth-order valence-corrected chi connectivity index (χ4v) is 7.83. The van der Waals surface area contributed by atoms with Gasteiger partial charge >= 0.3 is 35.8 Å². The third-order valence-corrected chi connectivity index (χ3v) is 11.8. The van der Waals surface area contributed by atoms with Gasteiger partial charge in [0.15, 0.2) is 17.5 Å². The first-order chi connectivity index (χ1) is 37.9. The van der Waals surface area contributed by atoms with E-state index < -0.39 is 220 Å². The summed E-state index contributed by atoms with van der Waals surface area (Å²) < 4.78 is 0. The SMILES string of the molecule is NC(N)=NCCCC1NC(=O)C(CCNC(=O)[C@H](CC(=O)O)CC(=O)[C@H](CC(=O)O)NC(=O)[C@H](CC(=O)O)CC(=O)[C@H](CC(=O)O)NC(=O)[C@@H](N)CC(=O)O)NC(=O)[C@@H](Cc2ccccc2)NC(=O)[C@H](CC(=O)O)NC(=O)CNC1O. The molecule has 1 aromatic rings. The number of hydrogen-bond acceptors (Lipinski definition) is 19. The Balaban J connectivity index is 2.50. The lowest BCUT2D eigenvalue weighted by Gasteiger charge is -2.28. The summed E-state index contributed by atoms with van der Waals surface area (Å²) in [6.07, 6.45) is -11.7. The number of Topliss-reactive ketones (excluding diaryl/α,β-unsaturated/α-hetero) is 2. The van der Waals surface area contributed by atoms with Crippen LogP contribution in [0.5, 0.6) is 0 Å². The fraction of sp³-hybridized carbons (Fsp3) is 0.532. The standard InChI is InChI=1S/C47H66N12O22/c48-24(16-36(67)68)42(77)58-28(18-38(71)72)32(61)13-23(15-35(65)66)41(76)57-27(17-37(69)70)31(60)12-22(14-34(63)64)40(75)51-10-8-26-44(79)55-25(7-4-9-52-47(49)50)43(78)53-20-33(62)54-30(19-39(73)74)46(81)59-29(45(80)56-26)11-21-5-2-1-3-6-21/h1-3,5-6,22-30,43,53,78H,4,7-20,48H2,(H,51,75)(H,54,62)(H,55,79)(H,56,80)(H,57,76)(H,58,77)(H,59,81)(H,63,64)(H,65,66)(H,67,68)(H,69,70)(H,71,72)(H,73,74)(H4,49,50,52)/t22-,23-,24-,25?,26?,27-,28-,29+,30-,43?/m0/s1. The normalized spacial score (nSPS) is 19.7. The Labute approximate surface area is 459 Å². The van der Waals surface area contributed by atoms with Gasteiger partial charge in [-0.15, -0.1) is 0 Å². The Kier molecular flexibility index (Phi) is 28.5. The van der Waals surface area contributed by atoms with E-state index in [9.17, 15) is 103 Å². The second kappa shape index (κ2) is 34.0. The summed E-state index contributed by atoms with van der Waals surface area (Å²) in [5.74, 6) is -25.0. The summed E-state index contributed by atoms with van der Waals surface area (Å²) >= 11 is 0. The van der Waals surface area contributed by atoms with Gasteiger partial charge in [-0.25, -0.2) is 0 Å². The molecule has 10 atom stereocenters. The van der Waals surface area contributed by atoms with E-state index in [4.69, 9.17) is 22.3 Å². The van der Waals surface area contributed by atoms with Crippen molar-refractivity contribution in [2.24, 2.45) is 34.0 Å². The van der Waals surface area contributed by atoms with Crippen LogP contribution in [0.15, 0.2) is 35.3 Å². The first-order valence-corrected chi connectivity index (χ1v) is 24.7. The van der Waals surface area contributed by atoms with Gasteiger partial charge in [0.25, 0.3) is 0 Å². The van der Waals surface area contributed by atoms with Gasteiger partial charge in [0.2, 0.25) is 41.4 Å². The number of rotatable bonds is 32. The van der Waals surface area contributed by atoms with E-state index >= 15 is 0 Å². The molecule has 3 unspecified atom stereocenters. The van der Waals surface area contributed by atoms with Crippen molar-refractivity contribution in [1.29, 1.82) is 0 Å². The first-order valence-electron chi connectivity index (χ1n) is 24.7. The van der Waals surface area contributed by atoms with Crippen molar-refractivity contribution in [3.8, 4) is 0 Å². The van der Waals surface area contributed by atoms with E-state index in [2.05, 4.69) is 36.9 Å². The van der Waals surface area contributed by atoms with E-state index in [1.54, 1.807) is 30.3 Å². The second-order valence-electron chi connectivity index (χ2n) is 18.5. The molecule has 34 nitrogen and oxygen atoms in total. The number of carboxylic acids is 6. The van der Waals surface area contributed by atoms with Gasteiger partial charge in [-0.1, -0.05) is 30.3 Å². The number of amides is 7. The van der Waals surface area contributed by atoms with E-state index in [1.807, 2.05) is 10.6 Å². The zero-order chi connectivity index (χ0) is 61.1. The van der Waals surface area contributed by atoms with Crippen molar-refractivity contribution >= 4 is 94.7 Å². The molecule has 1 aromatic carbocycles. The smallest absolute Gasteiger partial charge is 0.305 e. The lowest BCUT2D eigenvalue weighted by molar-refractivity contribution is -0.145. The Hall–Kier alpha value is -9.18. The van der Waals surface area contributed by atoms with Crippen LogP contribution < -0.4 is 59.7 Å². The van der Waals surface area contributed by atoms with Gasteiger partial charge in [-0.05, 0) is 24.8 Å². The van der Waals surface area contributed by atoms with Gasteiger partial charge < -0.3 is 90.2 Å². The number of hydrogen-bond donors (Lipinski definition) is 18. The molecule has 0 spiro atoms. The molecule has 2 rings (SSSR count). The molecule has 7 amide bonds. The number of nitrogens with one attached hydrogen (secondary N) is 8. The number of carbonyl (C=O) groups excluding carboxylic acids is 9. The number of aliphatic hydroxyl groups excluding tert-OH is 1. The largest absolute Gasteiger partial charge is 0.481 e. The van der Waals surface area contributed by atoms with Crippen molar-refractivity contribution in [2.45, 2.75) is 126 Å². The summed E-state index contributed by atoms with van der Waals surface area (Å²) in [7, 11) is 0. The highest BCUT2D eigenvalue weighted by molar-refractivity contribution is 6.00. The number of aliphatic hydroxyl groups is 1. The summed E-state index contributed by atoms with van der Waals surface area (Å²) in [4.78, 5) is 196. The van der Waals surface area contributed by atoms with Gasteiger partial charge in [-0.2, -0.15) is 0 Å². The molecule has 446 valence electrons. The van der Waals surface area contributed by atoms with Crippen molar-refractivity contribution in [3.63, 3.8) is 0 Å². The van der Waals surface area contributed by atoms with Crippen molar-refractivity contribution in [2.75, 3.05) is 19.6 Å². The van der Waals surface area contributed by atoms with Crippen LogP contribution in [-0.2, 0) is 78.3 Å². The third kappa shape index (κ3) is 26.4. The lowest BCUT2D eigenvalue weighted by Crippen LogP contribution is -2.59. The molecule has 0 aromatic heterocycles. The van der Waals surface area contributed by atoms with Crippen LogP contribution in [0.25, 0.3) is 0 Å². The van der Waals surface area contributed by atoms with E-state index in [-0.39, 0.29) is 31.8 Å². The van der Waals surface area contributed by atoms with Crippen molar-refractivity contribution < 1.29 is 108 Å². The van der Waals surface area contributed by atoms with Crippen LogP contribution in [0.2, 0.25) is 0 Å². The number of guanidine groups is 1. The molecule has 1 aliphatic rings. The average Bonchev–Trinajstić information content (AvgIpc) is 3.36. The molecule has 0 saturated carbocycles. The fourth-order valence-electron chi connectivity index (χ4n) is 7.83. The quantitative estimate of drug-likeness (QED) is 0.0181. The molecule has 1 saturated heterocycles. The van der Waals surface area contributed by atoms with Crippen molar-refractivity contribution in [3.05, 3.63) is 35.9 Å². The maximum atomic E-state index is 14.2. The minimum absolute atomic E-state index is 0.0235. The maximum Gasteiger partial charge on any atom is 0.305 e. The summed E-state index contributed by atoms with van der Waals surface area (Å²) in [5.41, 5.74) is 16.7. The maximum absolute atomic E-state index is 14.2. The van der Waals surface area contributed by atoms with Crippen molar-refractivity contribution in [1.82, 2.24) is 42.5 Å². The van der Waals surface area contributed by atoms with Gasteiger partial charge in [0.05, 0.1) is 81.1 Å². The van der Waals surface area contributed by atoms with E-state index in [0.29, 0.717) is 5.56 Å². The molecule has 0 bridgehead atoms. The predicted octanol–water partition coefficient (Wildman–Crippen LogP) is -7.05. The highest BCUT2D eigenvalue weighted by Gasteiger charge is 2.37. The molecule has 1 heterocycles. The van der Waals surface area contributed by atoms with E-state index in [0.717, 1.165) is 0 Å². The van der Waals surface area contributed by atoms with Crippen LogP contribution in [0.1, 0.15) is 76.2 Å². The number of nitrogens with zero attached hydrogens (tertiary/aromatic N) is 1. The predicted molar refractivity (Wildman–Crippen MR) is 271 cm³/mol. The molecule has 21 N–H and O–H groups in total. The summed E-state index contributed by atoms with van der Waals surface area (Å²) in [6, 6.07) is -4.38. The topological polar surface area (TPSA) is 584 Å². The minimum atomic E-state index is -2.16. The minimum Gasteiger partial charge on any atom is -0.481 e. The third-order valence-electron chi connectivity index (χ3n) is 11.8.